The molecule has 0 aliphatic carbocycles. The summed E-state index contributed by atoms with van der Waals surface area (Å²) in [5, 5.41) is 0. The molecule has 0 bridgehead atoms. The van der Waals surface area contributed by atoms with E-state index in [0.717, 1.165) is 37.6 Å². The average molecular weight is 364 g/mol. The van der Waals surface area contributed by atoms with E-state index in [9.17, 15) is 4.79 Å². The van der Waals surface area contributed by atoms with Gasteiger partial charge in [0.25, 0.3) is 0 Å². The fourth-order valence-electron chi connectivity index (χ4n) is 4.10. The van der Waals surface area contributed by atoms with E-state index in [4.69, 9.17) is 9.72 Å². The van der Waals surface area contributed by atoms with Crippen molar-refractivity contribution in [2.75, 3.05) is 51.1 Å². The molecule has 1 aromatic heterocycles. The lowest BCUT2D eigenvalue weighted by molar-refractivity contribution is -0.138. The maximum Gasteiger partial charge on any atom is 0.222 e. The van der Waals surface area contributed by atoms with Crippen molar-refractivity contribution in [1.29, 1.82) is 0 Å². The highest BCUT2D eigenvalue weighted by Gasteiger charge is 2.41. The summed E-state index contributed by atoms with van der Waals surface area (Å²) in [7, 11) is 1.69. The Labute approximate surface area is 155 Å². The molecule has 2 aliphatic rings. The molecule has 2 saturated heterocycles. The molecule has 0 saturated carbocycles. The van der Waals surface area contributed by atoms with E-state index in [1.165, 1.54) is 18.4 Å². The second-order valence-electron chi connectivity index (χ2n) is 7.29. The molecular weight excluding hydrogens is 334 g/mol. The van der Waals surface area contributed by atoms with Gasteiger partial charge in [-0.05, 0) is 37.1 Å². The first kappa shape index (κ1) is 18.5. The van der Waals surface area contributed by atoms with Crippen LogP contribution in [0.1, 0.15) is 31.2 Å². The molecule has 2 fully saturated rings. The van der Waals surface area contributed by atoms with E-state index >= 15 is 0 Å². The number of aromatic nitrogens is 1. The zero-order valence-corrected chi connectivity index (χ0v) is 16.2. The molecule has 5 nitrogen and oxygen atoms in total. The van der Waals surface area contributed by atoms with Crippen LogP contribution in [0.4, 0.5) is 5.82 Å². The summed E-state index contributed by atoms with van der Waals surface area (Å²) in [6.45, 7) is 4.24. The average Bonchev–Trinajstić information content (AvgIpc) is 2.64. The van der Waals surface area contributed by atoms with Gasteiger partial charge in [0.05, 0.1) is 6.61 Å². The third-order valence-electron chi connectivity index (χ3n) is 5.42. The van der Waals surface area contributed by atoms with Crippen molar-refractivity contribution in [1.82, 2.24) is 9.88 Å². The number of thioether (sulfide) groups is 1. The normalized spacial score (nSPS) is 24.2. The van der Waals surface area contributed by atoms with Gasteiger partial charge in [-0.3, -0.25) is 4.79 Å². The Morgan fingerprint density at radius 2 is 2.20 bits per heavy atom. The molecule has 0 radical (unpaired) electrons. The number of amides is 1. The minimum atomic E-state index is 0.208. The highest BCUT2D eigenvalue weighted by atomic mass is 32.2. The molecule has 6 heteroatoms. The van der Waals surface area contributed by atoms with Gasteiger partial charge in [0.2, 0.25) is 5.91 Å². The van der Waals surface area contributed by atoms with Gasteiger partial charge in [0.1, 0.15) is 5.82 Å². The quantitative estimate of drug-likeness (QED) is 0.778. The zero-order chi connectivity index (χ0) is 17.7. The molecular formula is C19H29N3O2S. The number of rotatable bonds is 6. The summed E-state index contributed by atoms with van der Waals surface area (Å²) in [6, 6.07) is 4.34. The van der Waals surface area contributed by atoms with Gasteiger partial charge in [-0.25, -0.2) is 4.98 Å². The van der Waals surface area contributed by atoms with Crippen molar-refractivity contribution >= 4 is 23.5 Å². The van der Waals surface area contributed by atoms with E-state index < -0.39 is 0 Å². The number of hydrogen-bond acceptors (Lipinski definition) is 5. The Kier molecular flexibility index (Phi) is 6.23. The fourth-order valence-corrected chi connectivity index (χ4v) is 4.60. The van der Waals surface area contributed by atoms with Crippen LogP contribution in [-0.4, -0.2) is 61.9 Å². The van der Waals surface area contributed by atoms with Gasteiger partial charge < -0.3 is 14.5 Å². The predicted octanol–water partition coefficient (Wildman–Crippen LogP) is 2.80. The summed E-state index contributed by atoms with van der Waals surface area (Å²) in [4.78, 5) is 21.3. The van der Waals surface area contributed by atoms with Crippen LogP contribution >= 0.6 is 11.8 Å². The molecule has 1 spiro atoms. The molecule has 1 amide bonds. The third-order valence-corrected chi connectivity index (χ3v) is 6.04. The number of ether oxygens (including phenoxy) is 1. The largest absolute Gasteiger partial charge is 0.383 e. The number of nitrogens with zero attached hydrogens (tertiary/aromatic N) is 3. The Bertz CT molecular complexity index is 581. The molecule has 0 unspecified atom stereocenters. The van der Waals surface area contributed by atoms with Crippen LogP contribution < -0.4 is 4.90 Å². The molecule has 25 heavy (non-hydrogen) atoms. The summed E-state index contributed by atoms with van der Waals surface area (Å²) >= 11 is 1.82. The van der Waals surface area contributed by atoms with E-state index in [-0.39, 0.29) is 11.3 Å². The Morgan fingerprint density at radius 3 is 2.92 bits per heavy atom. The minimum absolute atomic E-state index is 0.208. The van der Waals surface area contributed by atoms with Crippen molar-refractivity contribution < 1.29 is 9.53 Å². The van der Waals surface area contributed by atoms with Crippen molar-refractivity contribution in [3.05, 3.63) is 23.9 Å². The molecule has 1 atom stereocenters. The first-order valence-electron chi connectivity index (χ1n) is 9.11. The number of piperidine rings is 2. The molecule has 0 aromatic carbocycles. The monoisotopic (exact) mass is 363 g/mol. The van der Waals surface area contributed by atoms with Crippen LogP contribution in [0.2, 0.25) is 0 Å². The lowest BCUT2D eigenvalue weighted by atomic mass is 9.73. The lowest BCUT2D eigenvalue weighted by Crippen LogP contribution is -2.54. The number of likely N-dealkylation sites (tertiary alicyclic amines) is 1. The van der Waals surface area contributed by atoms with E-state index in [2.05, 4.69) is 23.3 Å². The predicted molar refractivity (Wildman–Crippen MR) is 103 cm³/mol. The van der Waals surface area contributed by atoms with Gasteiger partial charge in [-0.2, -0.15) is 11.8 Å². The summed E-state index contributed by atoms with van der Waals surface area (Å²) in [5.74, 6) is 2.36. The van der Waals surface area contributed by atoms with Crippen molar-refractivity contribution in [3.8, 4) is 0 Å². The van der Waals surface area contributed by atoms with Crippen LogP contribution in [-0.2, 0) is 15.3 Å². The first-order chi connectivity index (χ1) is 12.2. The molecule has 0 N–H and O–H groups in total. The standard InChI is InChI=1S/C19H29N3O2S/c1-24-11-10-22-15-19(8-6-18(22)23)7-3-9-21(14-19)17-5-4-16(12-20-17)13-25-2/h4-5,12H,3,6-11,13-15H2,1-2H3/t19-/m1/s1. The number of carbonyl (C=O) groups excluding carboxylic acids is 1. The maximum atomic E-state index is 12.2. The second kappa shape index (κ2) is 8.41. The van der Waals surface area contributed by atoms with Crippen LogP contribution in [0.25, 0.3) is 0 Å². The molecule has 2 aliphatic heterocycles. The van der Waals surface area contributed by atoms with Gasteiger partial charge in [0.15, 0.2) is 0 Å². The van der Waals surface area contributed by atoms with Crippen LogP contribution in [0.3, 0.4) is 0 Å². The third kappa shape index (κ3) is 4.47. The van der Waals surface area contributed by atoms with Crippen molar-refractivity contribution in [2.45, 2.75) is 31.4 Å². The summed E-state index contributed by atoms with van der Waals surface area (Å²) in [6.07, 6.45) is 8.14. The van der Waals surface area contributed by atoms with E-state index in [1.54, 1.807) is 7.11 Å². The topological polar surface area (TPSA) is 45.7 Å². The Morgan fingerprint density at radius 1 is 1.32 bits per heavy atom. The van der Waals surface area contributed by atoms with Crippen LogP contribution in [0.15, 0.2) is 18.3 Å². The van der Waals surface area contributed by atoms with E-state index in [0.29, 0.717) is 19.6 Å². The molecule has 3 heterocycles. The highest BCUT2D eigenvalue weighted by Crippen LogP contribution is 2.39. The van der Waals surface area contributed by atoms with Crippen LogP contribution in [0, 0.1) is 5.41 Å². The Hall–Kier alpha value is -1.27. The van der Waals surface area contributed by atoms with Crippen LogP contribution in [0.5, 0.6) is 0 Å². The number of anilines is 1. The number of carbonyl (C=O) groups is 1. The summed E-state index contributed by atoms with van der Waals surface area (Å²) in [5.41, 5.74) is 1.48. The zero-order valence-electron chi connectivity index (χ0n) is 15.4. The smallest absolute Gasteiger partial charge is 0.222 e. The van der Waals surface area contributed by atoms with Gasteiger partial charge in [-0.1, -0.05) is 6.07 Å². The fraction of sp³-hybridized carbons (Fsp3) is 0.684. The lowest BCUT2D eigenvalue weighted by Gasteiger charge is -2.48. The number of hydrogen-bond donors (Lipinski definition) is 0. The second-order valence-corrected chi connectivity index (χ2v) is 8.16. The Balaban J connectivity index is 1.68. The number of methoxy groups -OCH3 is 1. The summed E-state index contributed by atoms with van der Waals surface area (Å²) < 4.78 is 5.17. The number of pyridine rings is 1. The van der Waals surface area contributed by atoms with E-state index in [1.807, 2.05) is 22.9 Å². The molecule has 138 valence electrons. The van der Waals surface area contributed by atoms with Gasteiger partial charge in [0, 0.05) is 57.1 Å². The highest BCUT2D eigenvalue weighted by molar-refractivity contribution is 7.97. The minimum Gasteiger partial charge on any atom is -0.383 e. The van der Waals surface area contributed by atoms with Crippen molar-refractivity contribution in [3.63, 3.8) is 0 Å². The molecule has 1 aromatic rings. The van der Waals surface area contributed by atoms with Gasteiger partial charge >= 0.3 is 0 Å². The van der Waals surface area contributed by atoms with Crippen molar-refractivity contribution in [2.24, 2.45) is 5.41 Å². The van der Waals surface area contributed by atoms with Gasteiger partial charge in [-0.15, -0.1) is 0 Å². The molecule has 3 rings (SSSR count). The SMILES string of the molecule is COCCN1C[C@]2(CCCN(c3ccc(CSC)cn3)C2)CCC1=O. The first-order valence-corrected chi connectivity index (χ1v) is 10.5. The maximum absolute atomic E-state index is 12.2.